The number of ether oxygens (including phenoxy) is 1. The first-order valence-corrected chi connectivity index (χ1v) is 8.56. The first-order chi connectivity index (χ1) is 12.9. The second-order valence-corrected chi connectivity index (χ2v) is 6.27. The van der Waals surface area contributed by atoms with Gasteiger partial charge in [0.2, 0.25) is 0 Å². The predicted molar refractivity (Wildman–Crippen MR) is 95.5 cm³/mol. The highest BCUT2D eigenvalue weighted by molar-refractivity contribution is 6.04. The van der Waals surface area contributed by atoms with Gasteiger partial charge in [0.05, 0.1) is 18.7 Å². The van der Waals surface area contributed by atoms with Crippen molar-refractivity contribution in [3.8, 4) is 0 Å². The van der Waals surface area contributed by atoms with Crippen molar-refractivity contribution in [1.82, 2.24) is 5.32 Å². The maximum absolute atomic E-state index is 12.6. The van der Waals surface area contributed by atoms with Crippen LogP contribution in [0.4, 0.5) is 13.2 Å². The number of aryl methyl sites for hydroxylation is 1. The molecule has 0 spiro atoms. The molecule has 2 aromatic rings. The van der Waals surface area contributed by atoms with Crippen LogP contribution in [0.15, 0.2) is 53.5 Å². The summed E-state index contributed by atoms with van der Waals surface area (Å²) in [6, 6.07) is 11.9. The number of alkyl halides is 3. The zero-order chi connectivity index (χ0) is 19.4. The normalized spacial score (nSPS) is 17.2. The lowest BCUT2D eigenvalue weighted by molar-refractivity contribution is -0.137. The SMILES string of the molecule is COC(=N[C@@H]1CCCc2ccccc21)NC(=O)c1ccc(C(F)(F)F)cc1. The van der Waals surface area contributed by atoms with Crippen molar-refractivity contribution in [2.75, 3.05) is 7.11 Å². The number of halogens is 3. The van der Waals surface area contributed by atoms with Gasteiger partial charge in [0.1, 0.15) is 0 Å². The van der Waals surface area contributed by atoms with Gasteiger partial charge in [-0.1, -0.05) is 24.3 Å². The summed E-state index contributed by atoms with van der Waals surface area (Å²) in [6.45, 7) is 0. The van der Waals surface area contributed by atoms with E-state index < -0.39 is 17.6 Å². The van der Waals surface area contributed by atoms with Gasteiger partial charge in [0, 0.05) is 5.56 Å². The lowest BCUT2D eigenvalue weighted by Gasteiger charge is -2.23. The minimum absolute atomic E-state index is 0.0431. The molecular formula is C20H19F3N2O2. The van der Waals surface area contributed by atoms with Crippen LogP contribution in [0.3, 0.4) is 0 Å². The number of amides is 1. The van der Waals surface area contributed by atoms with E-state index in [1.165, 1.54) is 12.7 Å². The van der Waals surface area contributed by atoms with Crippen molar-refractivity contribution in [1.29, 1.82) is 0 Å². The lowest BCUT2D eigenvalue weighted by Crippen LogP contribution is -2.32. The average molecular weight is 376 g/mol. The number of amidine groups is 1. The highest BCUT2D eigenvalue weighted by atomic mass is 19.4. The lowest BCUT2D eigenvalue weighted by atomic mass is 9.88. The Balaban J connectivity index is 1.75. The topological polar surface area (TPSA) is 50.7 Å². The minimum Gasteiger partial charge on any atom is -0.468 e. The van der Waals surface area contributed by atoms with Gasteiger partial charge in [-0.05, 0) is 54.7 Å². The molecule has 0 aliphatic heterocycles. The smallest absolute Gasteiger partial charge is 0.416 e. The molecule has 0 saturated heterocycles. The summed E-state index contributed by atoms with van der Waals surface area (Å²) in [4.78, 5) is 16.8. The molecule has 2 aromatic carbocycles. The number of hydrogen-bond acceptors (Lipinski definition) is 3. The van der Waals surface area contributed by atoms with Crippen molar-refractivity contribution in [3.63, 3.8) is 0 Å². The highest BCUT2D eigenvalue weighted by Crippen LogP contribution is 2.32. The van der Waals surface area contributed by atoms with Crippen LogP contribution in [0.5, 0.6) is 0 Å². The third-order valence-electron chi connectivity index (χ3n) is 4.50. The van der Waals surface area contributed by atoms with Gasteiger partial charge in [-0.2, -0.15) is 13.2 Å². The Kier molecular flexibility index (Phi) is 5.48. The van der Waals surface area contributed by atoms with E-state index in [-0.39, 0.29) is 17.6 Å². The van der Waals surface area contributed by atoms with Crippen LogP contribution >= 0.6 is 0 Å². The molecule has 1 aliphatic rings. The molecule has 27 heavy (non-hydrogen) atoms. The van der Waals surface area contributed by atoms with Crippen LogP contribution < -0.4 is 5.32 Å². The molecule has 3 rings (SSSR count). The summed E-state index contributed by atoms with van der Waals surface area (Å²) in [5.41, 5.74) is 1.61. The predicted octanol–water partition coefficient (Wildman–Crippen LogP) is 4.52. The number of fused-ring (bicyclic) bond motifs is 1. The monoisotopic (exact) mass is 376 g/mol. The first kappa shape index (κ1) is 18.9. The third-order valence-corrected chi connectivity index (χ3v) is 4.50. The molecule has 1 atom stereocenters. The van der Waals surface area contributed by atoms with Crippen molar-refractivity contribution in [2.45, 2.75) is 31.5 Å². The van der Waals surface area contributed by atoms with Crippen LogP contribution in [-0.4, -0.2) is 19.0 Å². The molecule has 0 saturated carbocycles. The Morgan fingerprint density at radius 2 is 1.85 bits per heavy atom. The Labute approximate surface area is 155 Å². The fourth-order valence-electron chi connectivity index (χ4n) is 3.12. The van der Waals surface area contributed by atoms with E-state index in [4.69, 9.17) is 4.74 Å². The molecule has 142 valence electrons. The minimum atomic E-state index is -4.44. The highest BCUT2D eigenvalue weighted by Gasteiger charge is 2.30. The molecule has 0 radical (unpaired) electrons. The molecule has 7 heteroatoms. The Bertz CT molecular complexity index is 845. The summed E-state index contributed by atoms with van der Waals surface area (Å²) in [7, 11) is 1.39. The van der Waals surface area contributed by atoms with Gasteiger partial charge in [0.25, 0.3) is 11.9 Å². The van der Waals surface area contributed by atoms with Crippen LogP contribution in [0.25, 0.3) is 0 Å². The van der Waals surface area contributed by atoms with E-state index in [0.717, 1.165) is 49.1 Å². The fraction of sp³-hybridized carbons (Fsp3) is 0.300. The summed E-state index contributed by atoms with van der Waals surface area (Å²) >= 11 is 0. The summed E-state index contributed by atoms with van der Waals surface area (Å²) < 4.78 is 43.1. The zero-order valence-electron chi connectivity index (χ0n) is 14.7. The summed E-state index contributed by atoms with van der Waals surface area (Å²) in [6.07, 6.45) is -1.64. The number of hydrogen-bond donors (Lipinski definition) is 1. The van der Waals surface area contributed by atoms with Gasteiger partial charge >= 0.3 is 6.18 Å². The number of benzene rings is 2. The standard InChI is InChI=1S/C20H19F3N2O2/c1-27-19(24-17-8-4-6-13-5-2-3-7-16(13)17)25-18(26)14-9-11-15(12-10-14)20(21,22)23/h2-3,5,7,9-12,17H,4,6,8H2,1H3,(H,24,25,26)/t17-/m1/s1. The molecule has 1 amide bonds. The van der Waals surface area contributed by atoms with Crippen molar-refractivity contribution in [3.05, 3.63) is 70.8 Å². The number of rotatable bonds is 2. The maximum atomic E-state index is 12.6. The molecule has 1 N–H and O–H groups in total. The molecule has 0 aromatic heterocycles. The van der Waals surface area contributed by atoms with Gasteiger partial charge in [-0.3, -0.25) is 10.1 Å². The quantitative estimate of drug-likeness (QED) is 0.619. The van der Waals surface area contributed by atoms with E-state index in [2.05, 4.69) is 16.4 Å². The Morgan fingerprint density at radius 1 is 1.15 bits per heavy atom. The number of methoxy groups -OCH3 is 1. The van der Waals surface area contributed by atoms with Gasteiger partial charge in [-0.25, -0.2) is 4.99 Å². The number of nitrogens with zero attached hydrogens (tertiary/aromatic N) is 1. The van der Waals surface area contributed by atoms with Gasteiger partial charge < -0.3 is 4.74 Å². The molecule has 1 aliphatic carbocycles. The summed E-state index contributed by atoms with van der Waals surface area (Å²) in [5, 5.41) is 2.53. The Morgan fingerprint density at radius 3 is 2.52 bits per heavy atom. The third kappa shape index (κ3) is 4.48. The van der Waals surface area contributed by atoms with E-state index in [1.807, 2.05) is 18.2 Å². The van der Waals surface area contributed by atoms with E-state index in [9.17, 15) is 18.0 Å². The fourth-order valence-corrected chi connectivity index (χ4v) is 3.12. The van der Waals surface area contributed by atoms with Crippen molar-refractivity contribution in [2.24, 2.45) is 4.99 Å². The van der Waals surface area contributed by atoms with E-state index >= 15 is 0 Å². The molecule has 0 bridgehead atoms. The van der Waals surface area contributed by atoms with Crippen LogP contribution in [0, 0.1) is 0 Å². The molecule has 4 nitrogen and oxygen atoms in total. The number of aliphatic imine (C=N–C) groups is 1. The Hall–Kier alpha value is -2.83. The molecule has 0 fully saturated rings. The molecule has 0 heterocycles. The van der Waals surface area contributed by atoms with Crippen LogP contribution in [-0.2, 0) is 17.3 Å². The second kappa shape index (κ2) is 7.82. The molecular weight excluding hydrogens is 357 g/mol. The van der Waals surface area contributed by atoms with Crippen molar-refractivity contribution >= 4 is 11.9 Å². The van der Waals surface area contributed by atoms with E-state index in [0.29, 0.717) is 0 Å². The van der Waals surface area contributed by atoms with Crippen molar-refractivity contribution < 1.29 is 22.7 Å². The van der Waals surface area contributed by atoms with Gasteiger partial charge in [0.15, 0.2) is 0 Å². The maximum Gasteiger partial charge on any atom is 0.416 e. The zero-order valence-corrected chi connectivity index (χ0v) is 14.7. The van der Waals surface area contributed by atoms with Crippen LogP contribution in [0.2, 0.25) is 0 Å². The number of carbonyl (C=O) groups is 1. The van der Waals surface area contributed by atoms with Gasteiger partial charge in [-0.15, -0.1) is 0 Å². The average Bonchev–Trinajstić information content (AvgIpc) is 2.67. The first-order valence-electron chi connectivity index (χ1n) is 8.56. The number of carbonyl (C=O) groups excluding carboxylic acids is 1. The largest absolute Gasteiger partial charge is 0.468 e. The second-order valence-electron chi connectivity index (χ2n) is 6.27. The van der Waals surface area contributed by atoms with Crippen LogP contribution in [0.1, 0.15) is 45.9 Å². The van der Waals surface area contributed by atoms with E-state index in [1.54, 1.807) is 0 Å². The molecule has 0 unspecified atom stereocenters. The summed E-state index contributed by atoms with van der Waals surface area (Å²) in [5.74, 6) is -0.576. The number of nitrogens with one attached hydrogen (secondary N) is 1.